The van der Waals surface area contributed by atoms with E-state index in [0.717, 1.165) is 25.9 Å². The maximum absolute atomic E-state index is 9.82. The van der Waals surface area contributed by atoms with Crippen LogP contribution in [0.15, 0.2) is 0 Å². The minimum atomic E-state index is -0.431. The SMILES string of the molecule is CCC(NCC(O)COCC1CCCO1)C(C)C. The number of aliphatic hydroxyl groups is 1. The van der Waals surface area contributed by atoms with Crippen molar-refractivity contribution in [2.45, 2.75) is 58.3 Å². The fourth-order valence-electron chi connectivity index (χ4n) is 2.31. The standard InChI is InChI=1S/C14H29NO3/c1-4-14(11(2)3)15-8-12(16)9-17-10-13-6-5-7-18-13/h11-16H,4-10H2,1-3H3. The minimum absolute atomic E-state index is 0.240. The smallest absolute Gasteiger partial charge is 0.0897 e. The summed E-state index contributed by atoms with van der Waals surface area (Å²) < 4.78 is 11.0. The molecule has 1 saturated heterocycles. The van der Waals surface area contributed by atoms with E-state index in [1.54, 1.807) is 0 Å². The summed E-state index contributed by atoms with van der Waals surface area (Å²) in [6.45, 7) is 9.01. The average molecular weight is 259 g/mol. The monoisotopic (exact) mass is 259 g/mol. The molecule has 1 aliphatic heterocycles. The molecule has 2 N–H and O–H groups in total. The van der Waals surface area contributed by atoms with Gasteiger partial charge in [-0.1, -0.05) is 20.8 Å². The number of hydrogen-bond acceptors (Lipinski definition) is 4. The maximum Gasteiger partial charge on any atom is 0.0897 e. The Morgan fingerprint density at radius 2 is 2.22 bits per heavy atom. The van der Waals surface area contributed by atoms with Gasteiger partial charge in [0.1, 0.15) is 0 Å². The van der Waals surface area contributed by atoms with E-state index in [9.17, 15) is 5.11 Å². The first-order valence-corrected chi connectivity index (χ1v) is 7.24. The summed E-state index contributed by atoms with van der Waals surface area (Å²) in [5.41, 5.74) is 0. The van der Waals surface area contributed by atoms with Crippen LogP contribution in [0.4, 0.5) is 0 Å². The zero-order valence-corrected chi connectivity index (χ0v) is 12.0. The lowest BCUT2D eigenvalue weighted by Crippen LogP contribution is -2.40. The van der Waals surface area contributed by atoms with Gasteiger partial charge in [0.15, 0.2) is 0 Å². The quantitative estimate of drug-likeness (QED) is 0.660. The normalized spacial score (nSPS) is 23.5. The van der Waals surface area contributed by atoms with Crippen LogP contribution in [0, 0.1) is 5.92 Å². The van der Waals surface area contributed by atoms with Crippen LogP contribution in [0.1, 0.15) is 40.0 Å². The molecule has 0 radical (unpaired) electrons. The molecule has 0 saturated carbocycles. The molecule has 108 valence electrons. The van der Waals surface area contributed by atoms with Gasteiger partial charge in [-0.05, 0) is 25.2 Å². The van der Waals surface area contributed by atoms with E-state index in [-0.39, 0.29) is 6.10 Å². The second-order valence-electron chi connectivity index (χ2n) is 5.49. The molecule has 1 fully saturated rings. The Balaban J connectivity index is 2.03. The first-order chi connectivity index (χ1) is 8.63. The van der Waals surface area contributed by atoms with Crippen LogP contribution < -0.4 is 5.32 Å². The van der Waals surface area contributed by atoms with E-state index >= 15 is 0 Å². The molecule has 0 aromatic heterocycles. The maximum atomic E-state index is 9.82. The molecule has 0 spiro atoms. The lowest BCUT2D eigenvalue weighted by atomic mass is 10.0. The second-order valence-corrected chi connectivity index (χ2v) is 5.49. The zero-order valence-electron chi connectivity index (χ0n) is 12.0. The number of aliphatic hydroxyl groups excluding tert-OH is 1. The van der Waals surface area contributed by atoms with E-state index in [1.807, 2.05) is 0 Å². The van der Waals surface area contributed by atoms with Crippen LogP contribution in [0.5, 0.6) is 0 Å². The van der Waals surface area contributed by atoms with Crippen molar-refractivity contribution < 1.29 is 14.6 Å². The van der Waals surface area contributed by atoms with Crippen molar-refractivity contribution in [2.75, 3.05) is 26.4 Å². The van der Waals surface area contributed by atoms with Crippen molar-refractivity contribution in [1.29, 1.82) is 0 Å². The zero-order chi connectivity index (χ0) is 13.4. The third-order valence-electron chi connectivity index (χ3n) is 3.50. The third kappa shape index (κ3) is 6.14. The Bertz CT molecular complexity index is 205. The Labute approximate surface area is 111 Å². The van der Waals surface area contributed by atoms with Gasteiger partial charge in [0.2, 0.25) is 0 Å². The molecule has 1 rings (SSSR count). The van der Waals surface area contributed by atoms with Gasteiger partial charge in [0.25, 0.3) is 0 Å². The summed E-state index contributed by atoms with van der Waals surface area (Å²) in [7, 11) is 0. The summed E-state index contributed by atoms with van der Waals surface area (Å²) in [6.07, 6.45) is 3.11. The summed E-state index contributed by atoms with van der Waals surface area (Å²) in [4.78, 5) is 0. The Morgan fingerprint density at radius 1 is 1.44 bits per heavy atom. The van der Waals surface area contributed by atoms with Crippen molar-refractivity contribution in [3.63, 3.8) is 0 Å². The van der Waals surface area contributed by atoms with E-state index < -0.39 is 6.10 Å². The Morgan fingerprint density at radius 3 is 2.78 bits per heavy atom. The number of nitrogens with one attached hydrogen (secondary N) is 1. The van der Waals surface area contributed by atoms with Crippen molar-refractivity contribution in [3.8, 4) is 0 Å². The van der Waals surface area contributed by atoms with Gasteiger partial charge in [-0.2, -0.15) is 0 Å². The summed E-state index contributed by atoms with van der Waals surface area (Å²) >= 11 is 0. The molecule has 0 aromatic carbocycles. The van der Waals surface area contributed by atoms with Crippen LogP contribution in [-0.4, -0.2) is 49.7 Å². The largest absolute Gasteiger partial charge is 0.389 e. The highest BCUT2D eigenvalue weighted by molar-refractivity contribution is 4.71. The highest BCUT2D eigenvalue weighted by Gasteiger charge is 2.17. The van der Waals surface area contributed by atoms with Crippen molar-refractivity contribution in [2.24, 2.45) is 5.92 Å². The van der Waals surface area contributed by atoms with E-state index in [2.05, 4.69) is 26.1 Å². The molecule has 0 aliphatic carbocycles. The third-order valence-corrected chi connectivity index (χ3v) is 3.50. The first-order valence-electron chi connectivity index (χ1n) is 7.24. The molecular weight excluding hydrogens is 230 g/mol. The van der Waals surface area contributed by atoms with Gasteiger partial charge in [0, 0.05) is 19.2 Å². The number of rotatable bonds is 9. The fraction of sp³-hybridized carbons (Fsp3) is 1.00. The highest BCUT2D eigenvalue weighted by Crippen LogP contribution is 2.12. The fourth-order valence-corrected chi connectivity index (χ4v) is 2.31. The molecule has 0 amide bonds. The lowest BCUT2D eigenvalue weighted by Gasteiger charge is -2.22. The molecule has 3 unspecified atom stereocenters. The first kappa shape index (κ1) is 15.9. The molecular formula is C14H29NO3. The van der Waals surface area contributed by atoms with Crippen molar-refractivity contribution in [1.82, 2.24) is 5.32 Å². The topological polar surface area (TPSA) is 50.7 Å². The lowest BCUT2D eigenvalue weighted by molar-refractivity contribution is -0.0172. The summed E-state index contributed by atoms with van der Waals surface area (Å²) in [5.74, 6) is 0.593. The van der Waals surface area contributed by atoms with E-state index in [0.29, 0.717) is 31.7 Å². The number of hydrogen-bond donors (Lipinski definition) is 2. The minimum Gasteiger partial charge on any atom is -0.389 e. The Kier molecular flexibility index (Phi) is 7.82. The highest BCUT2D eigenvalue weighted by atomic mass is 16.5. The second kappa shape index (κ2) is 8.86. The molecule has 0 aromatic rings. The Hall–Kier alpha value is -0.160. The molecule has 4 heteroatoms. The number of ether oxygens (including phenoxy) is 2. The van der Waals surface area contributed by atoms with Crippen LogP contribution in [0.2, 0.25) is 0 Å². The molecule has 0 bridgehead atoms. The molecule has 1 heterocycles. The van der Waals surface area contributed by atoms with Gasteiger partial charge in [-0.15, -0.1) is 0 Å². The van der Waals surface area contributed by atoms with Gasteiger partial charge in [-0.3, -0.25) is 0 Å². The van der Waals surface area contributed by atoms with Crippen LogP contribution in [0.3, 0.4) is 0 Å². The van der Waals surface area contributed by atoms with Gasteiger partial charge in [-0.25, -0.2) is 0 Å². The molecule has 4 nitrogen and oxygen atoms in total. The van der Waals surface area contributed by atoms with Gasteiger partial charge in [0.05, 0.1) is 25.4 Å². The van der Waals surface area contributed by atoms with Crippen molar-refractivity contribution in [3.05, 3.63) is 0 Å². The summed E-state index contributed by atoms with van der Waals surface area (Å²) in [5, 5.41) is 13.2. The predicted octanol–water partition coefficient (Wildman–Crippen LogP) is 1.57. The van der Waals surface area contributed by atoms with Crippen molar-refractivity contribution >= 4 is 0 Å². The van der Waals surface area contributed by atoms with Crippen LogP contribution in [-0.2, 0) is 9.47 Å². The van der Waals surface area contributed by atoms with E-state index in [1.165, 1.54) is 0 Å². The predicted molar refractivity (Wildman–Crippen MR) is 72.7 cm³/mol. The van der Waals surface area contributed by atoms with Crippen LogP contribution in [0.25, 0.3) is 0 Å². The molecule has 1 aliphatic rings. The molecule has 3 atom stereocenters. The van der Waals surface area contributed by atoms with Crippen LogP contribution >= 0.6 is 0 Å². The average Bonchev–Trinajstić information content (AvgIpc) is 2.82. The molecule has 18 heavy (non-hydrogen) atoms. The van der Waals surface area contributed by atoms with Gasteiger partial charge < -0.3 is 19.9 Å². The summed E-state index contributed by atoms with van der Waals surface area (Å²) in [6, 6.07) is 0.470. The van der Waals surface area contributed by atoms with Gasteiger partial charge >= 0.3 is 0 Å². The van der Waals surface area contributed by atoms with E-state index in [4.69, 9.17) is 9.47 Å².